The summed E-state index contributed by atoms with van der Waals surface area (Å²) in [5.41, 5.74) is 23.9. The largest absolute Gasteiger partial charge is 0.310 e. The molecule has 0 saturated carbocycles. The van der Waals surface area contributed by atoms with E-state index in [2.05, 4.69) is 222 Å². The van der Waals surface area contributed by atoms with Crippen molar-refractivity contribution < 1.29 is 0 Å². The molecule has 11 rings (SSSR count). The molecular formula is C57H47N. The van der Waals surface area contributed by atoms with Gasteiger partial charge in [-0.15, -0.1) is 0 Å². The molecule has 1 nitrogen and oxygen atoms in total. The standard InChI is InChI=1S/C57H47N/c1-36-25-28-46-51(31-36)57(38-17-9-7-10-18-38,39-19-11-8-12-20-39)52-32-37(2)33-53(54(46)52)58(40-26-29-44-42-21-13-15-23-47(42)55(3,4)49(44)34-40)41-27-30-45-43-22-14-16-24-48(43)56(5,6)50(45)35-41/h7-35H,1-6H3. The van der Waals surface area contributed by atoms with Crippen LogP contribution >= 0.6 is 0 Å². The molecule has 58 heavy (non-hydrogen) atoms. The van der Waals surface area contributed by atoms with Gasteiger partial charge in [0.15, 0.2) is 0 Å². The summed E-state index contributed by atoms with van der Waals surface area (Å²) in [4.78, 5) is 2.58. The summed E-state index contributed by atoms with van der Waals surface area (Å²) < 4.78 is 0. The quantitative estimate of drug-likeness (QED) is 0.170. The SMILES string of the molecule is Cc1ccc2c(c1)C(c1ccccc1)(c1ccccc1)c1cc(C)cc(N(c3ccc4c(c3)C(C)(C)c3ccccc3-4)c3ccc4c(c3)C(C)(C)c3ccccc3-4)c1-2. The van der Waals surface area contributed by atoms with E-state index in [4.69, 9.17) is 0 Å². The molecule has 0 aromatic heterocycles. The maximum atomic E-state index is 2.58. The Morgan fingerprint density at radius 1 is 0.345 bits per heavy atom. The molecule has 0 aliphatic heterocycles. The van der Waals surface area contributed by atoms with E-state index >= 15 is 0 Å². The molecule has 3 aliphatic carbocycles. The summed E-state index contributed by atoms with van der Waals surface area (Å²) >= 11 is 0. The zero-order valence-corrected chi connectivity index (χ0v) is 34.2. The Balaban J connectivity index is 1.24. The zero-order valence-electron chi connectivity index (χ0n) is 34.2. The first-order valence-electron chi connectivity index (χ1n) is 20.8. The van der Waals surface area contributed by atoms with Gasteiger partial charge in [0.25, 0.3) is 0 Å². The molecule has 3 aliphatic rings. The molecular weight excluding hydrogens is 699 g/mol. The molecule has 0 spiro atoms. The Kier molecular flexibility index (Phi) is 7.36. The van der Waals surface area contributed by atoms with Crippen molar-refractivity contribution in [2.75, 3.05) is 4.90 Å². The number of aryl methyl sites for hydroxylation is 2. The second-order valence-electron chi connectivity index (χ2n) is 17.9. The van der Waals surface area contributed by atoms with E-state index in [1.807, 2.05) is 0 Å². The van der Waals surface area contributed by atoms with Gasteiger partial charge in [-0.2, -0.15) is 0 Å². The predicted octanol–water partition coefficient (Wildman–Crippen LogP) is 14.7. The number of hydrogen-bond donors (Lipinski definition) is 0. The lowest BCUT2D eigenvalue weighted by Gasteiger charge is -2.35. The molecule has 0 unspecified atom stereocenters. The van der Waals surface area contributed by atoms with E-state index in [-0.39, 0.29) is 10.8 Å². The molecule has 1 heteroatoms. The molecule has 8 aromatic rings. The van der Waals surface area contributed by atoms with Crippen molar-refractivity contribution in [2.24, 2.45) is 0 Å². The van der Waals surface area contributed by atoms with E-state index in [1.165, 1.54) is 106 Å². The van der Waals surface area contributed by atoms with E-state index in [0.717, 1.165) is 0 Å². The molecule has 0 fully saturated rings. The lowest BCUT2D eigenvalue weighted by Crippen LogP contribution is -2.29. The van der Waals surface area contributed by atoms with Crippen molar-refractivity contribution in [3.05, 3.63) is 232 Å². The molecule has 0 amide bonds. The minimum Gasteiger partial charge on any atom is -0.310 e. The summed E-state index contributed by atoms with van der Waals surface area (Å²) in [7, 11) is 0. The molecule has 0 atom stereocenters. The monoisotopic (exact) mass is 745 g/mol. The first-order chi connectivity index (χ1) is 28.1. The molecule has 0 N–H and O–H groups in total. The van der Waals surface area contributed by atoms with Crippen LogP contribution in [0.4, 0.5) is 17.1 Å². The van der Waals surface area contributed by atoms with E-state index in [1.54, 1.807) is 0 Å². The number of benzene rings is 8. The fourth-order valence-corrected chi connectivity index (χ4v) is 11.1. The minimum absolute atomic E-state index is 0.135. The highest BCUT2D eigenvalue weighted by atomic mass is 15.1. The Bertz CT molecular complexity index is 2820. The number of fused-ring (bicyclic) bond motifs is 9. The lowest BCUT2D eigenvalue weighted by atomic mass is 9.67. The van der Waals surface area contributed by atoms with Crippen LogP contribution in [0, 0.1) is 13.8 Å². The summed E-state index contributed by atoms with van der Waals surface area (Å²) in [5.74, 6) is 0. The van der Waals surface area contributed by atoms with Crippen LogP contribution in [0.2, 0.25) is 0 Å². The van der Waals surface area contributed by atoms with Crippen molar-refractivity contribution in [2.45, 2.75) is 57.8 Å². The third kappa shape index (κ3) is 4.65. The molecule has 0 bridgehead atoms. The highest BCUT2D eigenvalue weighted by Gasteiger charge is 2.48. The predicted molar refractivity (Wildman–Crippen MR) is 243 cm³/mol. The first-order valence-corrected chi connectivity index (χ1v) is 20.8. The highest BCUT2D eigenvalue weighted by Crippen LogP contribution is 2.61. The summed E-state index contributed by atoms with van der Waals surface area (Å²) in [6, 6.07) is 66.8. The van der Waals surface area contributed by atoms with Gasteiger partial charge < -0.3 is 4.90 Å². The second-order valence-corrected chi connectivity index (χ2v) is 17.9. The normalized spacial score (nSPS) is 15.5. The number of nitrogens with zero attached hydrogens (tertiary/aromatic N) is 1. The average Bonchev–Trinajstić information content (AvgIpc) is 3.75. The third-order valence-electron chi connectivity index (χ3n) is 13.8. The van der Waals surface area contributed by atoms with Crippen LogP contribution in [0.1, 0.15) is 83.3 Å². The molecule has 0 heterocycles. The Morgan fingerprint density at radius 3 is 1.33 bits per heavy atom. The van der Waals surface area contributed by atoms with Crippen LogP contribution < -0.4 is 4.90 Å². The van der Waals surface area contributed by atoms with Gasteiger partial charge in [0, 0.05) is 27.8 Å². The van der Waals surface area contributed by atoms with Gasteiger partial charge in [-0.25, -0.2) is 0 Å². The van der Waals surface area contributed by atoms with Gasteiger partial charge in [-0.3, -0.25) is 0 Å². The van der Waals surface area contributed by atoms with Gasteiger partial charge in [-0.1, -0.05) is 179 Å². The van der Waals surface area contributed by atoms with Gasteiger partial charge >= 0.3 is 0 Å². The lowest BCUT2D eigenvalue weighted by molar-refractivity contribution is 0.660. The minimum atomic E-state index is -0.505. The van der Waals surface area contributed by atoms with Gasteiger partial charge in [0.05, 0.1) is 11.1 Å². The molecule has 280 valence electrons. The van der Waals surface area contributed by atoms with Crippen LogP contribution in [-0.4, -0.2) is 0 Å². The number of anilines is 3. The second kappa shape index (κ2) is 12.3. The van der Waals surface area contributed by atoms with Crippen molar-refractivity contribution in [3.63, 3.8) is 0 Å². The van der Waals surface area contributed by atoms with E-state index < -0.39 is 5.41 Å². The van der Waals surface area contributed by atoms with E-state index in [0.29, 0.717) is 0 Å². The third-order valence-corrected chi connectivity index (χ3v) is 13.8. The fraction of sp³-hybridized carbons (Fsp3) is 0.158. The van der Waals surface area contributed by atoms with Crippen molar-refractivity contribution in [1.29, 1.82) is 0 Å². The van der Waals surface area contributed by atoms with Crippen LogP contribution in [0.5, 0.6) is 0 Å². The van der Waals surface area contributed by atoms with Gasteiger partial charge in [0.2, 0.25) is 0 Å². The first kappa shape index (κ1) is 34.8. The van der Waals surface area contributed by atoms with Crippen molar-refractivity contribution >= 4 is 17.1 Å². The topological polar surface area (TPSA) is 3.24 Å². The smallest absolute Gasteiger partial charge is 0.0714 e. The molecule has 8 aromatic carbocycles. The Labute approximate surface area is 343 Å². The summed E-state index contributed by atoms with van der Waals surface area (Å²) in [6.07, 6.45) is 0. The van der Waals surface area contributed by atoms with Gasteiger partial charge in [-0.05, 0) is 122 Å². The Morgan fingerprint density at radius 2 is 0.793 bits per heavy atom. The zero-order chi connectivity index (χ0) is 39.6. The van der Waals surface area contributed by atoms with E-state index in [9.17, 15) is 0 Å². The maximum absolute atomic E-state index is 2.58. The molecule has 0 radical (unpaired) electrons. The van der Waals surface area contributed by atoms with Crippen LogP contribution in [0.25, 0.3) is 33.4 Å². The average molecular weight is 746 g/mol. The fourth-order valence-electron chi connectivity index (χ4n) is 11.1. The number of hydrogen-bond acceptors (Lipinski definition) is 1. The van der Waals surface area contributed by atoms with Crippen molar-refractivity contribution in [1.82, 2.24) is 0 Å². The summed E-state index contributed by atoms with van der Waals surface area (Å²) in [5, 5.41) is 0. The van der Waals surface area contributed by atoms with Crippen LogP contribution in [-0.2, 0) is 16.2 Å². The maximum Gasteiger partial charge on any atom is 0.0714 e. The van der Waals surface area contributed by atoms with Crippen LogP contribution in [0.15, 0.2) is 176 Å². The van der Waals surface area contributed by atoms with Gasteiger partial charge in [0.1, 0.15) is 0 Å². The number of rotatable bonds is 5. The molecule has 0 saturated heterocycles. The van der Waals surface area contributed by atoms with Crippen LogP contribution in [0.3, 0.4) is 0 Å². The van der Waals surface area contributed by atoms with Crippen molar-refractivity contribution in [3.8, 4) is 33.4 Å². The Hall–Kier alpha value is -6.44. The highest BCUT2D eigenvalue weighted by molar-refractivity contribution is 5.99. The summed E-state index contributed by atoms with van der Waals surface area (Å²) in [6.45, 7) is 14.1.